The van der Waals surface area contributed by atoms with Crippen LogP contribution < -0.4 is 5.32 Å². The third-order valence-corrected chi connectivity index (χ3v) is 5.10. The Labute approximate surface area is 152 Å². The predicted octanol–water partition coefficient (Wildman–Crippen LogP) is 4.24. The molecule has 1 N–H and O–H groups in total. The molecule has 4 nitrogen and oxygen atoms in total. The number of hydrogen-bond donors (Lipinski definition) is 1. The summed E-state index contributed by atoms with van der Waals surface area (Å²) in [5.41, 5.74) is 1.99. The van der Waals surface area contributed by atoms with E-state index in [1.807, 2.05) is 31.2 Å². The Balaban J connectivity index is 1.77. The first-order chi connectivity index (χ1) is 12.1. The van der Waals surface area contributed by atoms with Gasteiger partial charge in [0.25, 0.3) is 0 Å². The van der Waals surface area contributed by atoms with Crippen LogP contribution in [0.5, 0.6) is 0 Å². The van der Waals surface area contributed by atoms with E-state index in [4.69, 9.17) is 4.74 Å². The van der Waals surface area contributed by atoms with E-state index in [9.17, 15) is 4.79 Å². The lowest BCUT2D eigenvalue weighted by Gasteiger charge is -2.30. The Morgan fingerprint density at radius 1 is 1.24 bits per heavy atom. The Hall–Kier alpha value is -1.39. The molecule has 0 heterocycles. The maximum Gasteiger partial charge on any atom is 0.238 e. The molecule has 140 valence electrons. The lowest BCUT2D eigenvalue weighted by Crippen LogP contribution is -2.37. The number of nitrogens with zero attached hydrogens (tertiary/aromatic N) is 1. The van der Waals surface area contributed by atoms with Crippen LogP contribution in [0.25, 0.3) is 0 Å². The van der Waals surface area contributed by atoms with Crippen LogP contribution in [0.3, 0.4) is 0 Å². The first-order valence-corrected chi connectivity index (χ1v) is 9.79. The molecule has 25 heavy (non-hydrogen) atoms. The minimum absolute atomic E-state index is 0.0498. The molecule has 1 amide bonds. The van der Waals surface area contributed by atoms with Gasteiger partial charge in [-0.15, -0.1) is 0 Å². The standard InChI is InChI=1S/C21H34N2O2/c1-4-13-23(14-15-25-20-12-8-6-10-18(20)3)16-21(24)22-19-11-7-5-9-17(19)2/h5,7,9,11,18,20H,4,6,8,10,12-16H2,1-3H3,(H,22,24). The van der Waals surface area contributed by atoms with Crippen LogP contribution in [-0.2, 0) is 9.53 Å². The fourth-order valence-electron chi connectivity index (χ4n) is 3.56. The number of amides is 1. The first-order valence-electron chi connectivity index (χ1n) is 9.79. The summed E-state index contributed by atoms with van der Waals surface area (Å²) in [4.78, 5) is 14.6. The first kappa shape index (κ1) is 19.9. The zero-order valence-corrected chi connectivity index (χ0v) is 16.1. The van der Waals surface area contributed by atoms with Crippen molar-refractivity contribution >= 4 is 11.6 Å². The number of para-hydroxylation sites is 1. The summed E-state index contributed by atoms with van der Waals surface area (Å²) in [7, 11) is 0. The van der Waals surface area contributed by atoms with Crippen molar-refractivity contribution in [3.05, 3.63) is 29.8 Å². The molecule has 0 spiro atoms. The SMILES string of the molecule is CCCN(CCOC1CCCCC1C)CC(=O)Nc1ccccc1C. The van der Waals surface area contributed by atoms with E-state index in [0.29, 0.717) is 25.2 Å². The second-order valence-electron chi connectivity index (χ2n) is 7.31. The highest BCUT2D eigenvalue weighted by atomic mass is 16.5. The number of anilines is 1. The van der Waals surface area contributed by atoms with Crippen molar-refractivity contribution in [2.75, 3.05) is 31.6 Å². The second kappa shape index (κ2) is 10.6. The highest BCUT2D eigenvalue weighted by Crippen LogP contribution is 2.26. The number of aryl methyl sites for hydroxylation is 1. The molecular weight excluding hydrogens is 312 g/mol. The molecule has 1 fully saturated rings. The molecule has 4 heteroatoms. The van der Waals surface area contributed by atoms with Gasteiger partial charge in [0.2, 0.25) is 5.91 Å². The van der Waals surface area contributed by atoms with Crippen molar-refractivity contribution in [2.45, 2.75) is 59.0 Å². The average molecular weight is 347 g/mol. The van der Waals surface area contributed by atoms with Crippen LogP contribution in [0.4, 0.5) is 5.69 Å². The van der Waals surface area contributed by atoms with Crippen LogP contribution in [0.1, 0.15) is 51.5 Å². The van der Waals surface area contributed by atoms with E-state index in [2.05, 4.69) is 24.1 Å². The van der Waals surface area contributed by atoms with Gasteiger partial charge < -0.3 is 10.1 Å². The van der Waals surface area contributed by atoms with E-state index in [1.165, 1.54) is 25.7 Å². The van der Waals surface area contributed by atoms with Gasteiger partial charge in [-0.25, -0.2) is 0 Å². The van der Waals surface area contributed by atoms with Crippen LogP contribution in [0.2, 0.25) is 0 Å². The van der Waals surface area contributed by atoms with Crippen molar-refractivity contribution in [2.24, 2.45) is 5.92 Å². The lowest BCUT2D eigenvalue weighted by atomic mass is 9.88. The Morgan fingerprint density at radius 3 is 2.72 bits per heavy atom. The van der Waals surface area contributed by atoms with Crippen LogP contribution in [0.15, 0.2) is 24.3 Å². The van der Waals surface area contributed by atoms with Gasteiger partial charge in [-0.2, -0.15) is 0 Å². The van der Waals surface area contributed by atoms with E-state index < -0.39 is 0 Å². The molecule has 0 aromatic heterocycles. The third kappa shape index (κ3) is 6.79. The summed E-state index contributed by atoms with van der Waals surface area (Å²) in [6.07, 6.45) is 6.52. The molecular formula is C21H34N2O2. The summed E-state index contributed by atoms with van der Waals surface area (Å²) < 4.78 is 6.12. The number of benzene rings is 1. The van der Waals surface area contributed by atoms with Crippen LogP contribution >= 0.6 is 0 Å². The summed E-state index contributed by atoms with van der Waals surface area (Å²) >= 11 is 0. The van der Waals surface area contributed by atoms with Gasteiger partial charge in [0.05, 0.1) is 19.3 Å². The monoisotopic (exact) mass is 346 g/mol. The number of nitrogens with one attached hydrogen (secondary N) is 1. The van der Waals surface area contributed by atoms with Crippen LogP contribution in [-0.4, -0.2) is 43.2 Å². The molecule has 0 bridgehead atoms. The Morgan fingerprint density at radius 2 is 2.00 bits per heavy atom. The topological polar surface area (TPSA) is 41.6 Å². The highest BCUT2D eigenvalue weighted by molar-refractivity contribution is 5.92. The van der Waals surface area contributed by atoms with Crippen molar-refractivity contribution < 1.29 is 9.53 Å². The number of carbonyl (C=O) groups excluding carboxylic acids is 1. The molecule has 1 saturated carbocycles. The lowest BCUT2D eigenvalue weighted by molar-refractivity contribution is -0.117. The maximum absolute atomic E-state index is 12.4. The van der Waals surface area contributed by atoms with Crippen molar-refractivity contribution in [1.29, 1.82) is 0 Å². The smallest absolute Gasteiger partial charge is 0.238 e. The van der Waals surface area contributed by atoms with Gasteiger partial charge in [0, 0.05) is 12.2 Å². The Kier molecular flexibility index (Phi) is 8.42. The maximum atomic E-state index is 12.4. The van der Waals surface area contributed by atoms with Crippen molar-refractivity contribution in [3.8, 4) is 0 Å². The number of ether oxygens (including phenoxy) is 1. The van der Waals surface area contributed by atoms with E-state index in [-0.39, 0.29) is 5.91 Å². The summed E-state index contributed by atoms with van der Waals surface area (Å²) in [5.74, 6) is 0.714. The zero-order chi connectivity index (χ0) is 18.1. The van der Waals surface area contributed by atoms with Crippen molar-refractivity contribution in [1.82, 2.24) is 4.90 Å². The molecule has 0 saturated heterocycles. The third-order valence-electron chi connectivity index (χ3n) is 5.10. The molecule has 2 unspecified atom stereocenters. The van der Waals surface area contributed by atoms with E-state index in [0.717, 1.165) is 30.8 Å². The molecule has 2 rings (SSSR count). The highest BCUT2D eigenvalue weighted by Gasteiger charge is 2.22. The normalized spacial score (nSPS) is 20.6. The summed E-state index contributed by atoms with van der Waals surface area (Å²) in [6.45, 7) is 9.33. The molecule has 0 aliphatic heterocycles. The number of carbonyl (C=O) groups is 1. The largest absolute Gasteiger partial charge is 0.377 e. The predicted molar refractivity (Wildman–Crippen MR) is 104 cm³/mol. The van der Waals surface area contributed by atoms with Crippen molar-refractivity contribution in [3.63, 3.8) is 0 Å². The van der Waals surface area contributed by atoms with Gasteiger partial charge >= 0.3 is 0 Å². The minimum Gasteiger partial charge on any atom is -0.377 e. The van der Waals surface area contributed by atoms with Gasteiger partial charge in [-0.3, -0.25) is 9.69 Å². The fraction of sp³-hybridized carbons (Fsp3) is 0.667. The summed E-state index contributed by atoms with van der Waals surface area (Å²) in [5, 5.41) is 3.02. The van der Waals surface area contributed by atoms with E-state index >= 15 is 0 Å². The molecule has 1 aromatic rings. The van der Waals surface area contributed by atoms with Gasteiger partial charge in [0.1, 0.15) is 0 Å². The minimum atomic E-state index is 0.0498. The average Bonchev–Trinajstić information content (AvgIpc) is 2.59. The second-order valence-corrected chi connectivity index (χ2v) is 7.31. The van der Waals surface area contributed by atoms with Crippen LogP contribution in [0, 0.1) is 12.8 Å². The zero-order valence-electron chi connectivity index (χ0n) is 16.1. The van der Waals surface area contributed by atoms with Gasteiger partial charge in [-0.05, 0) is 50.3 Å². The van der Waals surface area contributed by atoms with Gasteiger partial charge in [-0.1, -0.05) is 44.9 Å². The molecule has 0 radical (unpaired) electrons. The molecule has 2 atom stereocenters. The van der Waals surface area contributed by atoms with Gasteiger partial charge in [0.15, 0.2) is 0 Å². The summed E-state index contributed by atoms with van der Waals surface area (Å²) in [6, 6.07) is 7.90. The number of hydrogen-bond acceptors (Lipinski definition) is 3. The Bertz CT molecular complexity index is 532. The quantitative estimate of drug-likeness (QED) is 0.727. The fourth-order valence-corrected chi connectivity index (χ4v) is 3.56. The molecule has 1 aliphatic rings. The van der Waals surface area contributed by atoms with E-state index in [1.54, 1.807) is 0 Å². The molecule has 1 aliphatic carbocycles. The molecule has 1 aromatic carbocycles. The number of rotatable bonds is 9.